The van der Waals surface area contributed by atoms with Gasteiger partial charge in [-0.25, -0.2) is 0 Å². The van der Waals surface area contributed by atoms with E-state index in [9.17, 15) is 0 Å². The fourth-order valence-corrected chi connectivity index (χ4v) is 1.74. The first kappa shape index (κ1) is 9.15. The largest absolute Gasteiger partial charge is 0.435 e. The number of rotatable bonds is 1. The third-order valence-electron chi connectivity index (χ3n) is 2.55. The zero-order chi connectivity index (χ0) is 11.0. The van der Waals surface area contributed by atoms with Gasteiger partial charge in [0.25, 0.3) is 0 Å². The Kier molecular flexibility index (Phi) is 1.99. The van der Waals surface area contributed by atoms with E-state index in [4.69, 9.17) is 10.2 Å². The number of nitrogens with two attached hydrogens (primary N) is 1. The monoisotopic (exact) mass is 213 g/mol. The molecule has 0 fully saturated rings. The molecule has 16 heavy (non-hydrogen) atoms. The van der Waals surface area contributed by atoms with Gasteiger partial charge in [-0.05, 0) is 24.6 Å². The van der Waals surface area contributed by atoms with Gasteiger partial charge in [0.05, 0.1) is 5.56 Å². The molecule has 3 rings (SSSR count). The Labute approximate surface area is 92.1 Å². The van der Waals surface area contributed by atoms with Crippen molar-refractivity contribution in [2.24, 2.45) is 4.99 Å². The fraction of sp³-hybridized carbons (Fsp3) is 0.167. The van der Waals surface area contributed by atoms with Crippen molar-refractivity contribution in [2.75, 3.05) is 12.3 Å². The van der Waals surface area contributed by atoms with E-state index in [-0.39, 0.29) is 0 Å². The van der Waals surface area contributed by atoms with Gasteiger partial charge >= 0.3 is 0 Å². The maximum atomic E-state index is 5.87. The van der Waals surface area contributed by atoms with Gasteiger partial charge in [-0.1, -0.05) is 12.1 Å². The van der Waals surface area contributed by atoms with Crippen LogP contribution < -0.4 is 16.6 Å². The predicted octanol–water partition coefficient (Wildman–Crippen LogP) is 0.728. The molecule has 4 nitrogen and oxygen atoms in total. The smallest absolute Gasteiger partial charge is 0.230 e. The molecule has 0 aliphatic carbocycles. The van der Waals surface area contributed by atoms with Crippen LogP contribution in [-0.4, -0.2) is 11.5 Å². The molecule has 0 saturated heterocycles. The van der Waals surface area contributed by atoms with Crippen LogP contribution in [0.15, 0.2) is 33.7 Å². The van der Waals surface area contributed by atoms with Crippen LogP contribution >= 0.6 is 0 Å². The van der Waals surface area contributed by atoms with Gasteiger partial charge in [0.2, 0.25) is 5.89 Å². The minimum atomic E-state index is 0.546. The highest BCUT2D eigenvalue weighted by Crippen LogP contribution is 2.21. The summed E-state index contributed by atoms with van der Waals surface area (Å²) in [6, 6.07) is 7.53. The molecule has 80 valence electrons. The van der Waals surface area contributed by atoms with Gasteiger partial charge in [-0.2, -0.15) is 4.98 Å². The number of hydrogen-bond donors (Lipinski definition) is 1. The molecule has 1 aliphatic rings. The van der Waals surface area contributed by atoms with Gasteiger partial charge in [0.15, 0.2) is 10.9 Å². The van der Waals surface area contributed by atoms with Crippen molar-refractivity contribution in [1.82, 2.24) is 4.98 Å². The quantitative estimate of drug-likeness (QED) is 0.710. The van der Waals surface area contributed by atoms with Crippen LogP contribution in [-0.2, 0) is 0 Å². The first-order valence-corrected chi connectivity index (χ1v) is 5.21. The van der Waals surface area contributed by atoms with Crippen LogP contribution in [0.1, 0.15) is 6.42 Å². The molecular formula is C12H11N3O. The van der Waals surface area contributed by atoms with Crippen LogP contribution in [0.3, 0.4) is 0 Å². The molecule has 0 saturated carbocycles. The van der Waals surface area contributed by atoms with Gasteiger partial charge in [-0.3, -0.25) is 4.99 Å². The zero-order valence-electron chi connectivity index (χ0n) is 8.68. The Balaban J connectivity index is 2.23. The summed E-state index contributed by atoms with van der Waals surface area (Å²) < 4.78 is 5.63. The van der Waals surface area contributed by atoms with E-state index in [1.54, 1.807) is 0 Å². The van der Waals surface area contributed by atoms with E-state index in [1.807, 2.05) is 30.3 Å². The molecule has 1 aromatic carbocycles. The van der Waals surface area contributed by atoms with Crippen LogP contribution in [0, 0.1) is 0 Å². The van der Waals surface area contributed by atoms with Crippen molar-refractivity contribution in [3.8, 4) is 11.5 Å². The second kappa shape index (κ2) is 3.48. The molecule has 0 atom stereocenters. The predicted molar refractivity (Wildman–Crippen MR) is 61.1 cm³/mol. The maximum absolute atomic E-state index is 5.87. The molecule has 1 aromatic heterocycles. The highest BCUT2D eigenvalue weighted by atomic mass is 16.3. The molecular weight excluding hydrogens is 202 g/mol. The fourth-order valence-electron chi connectivity index (χ4n) is 1.74. The molecule has 2 aromatic rings. The number of oxazole rings is 1. The topological polar surface area (TPSA) is 64.4 Å². The Hall–Kier alpha value is -2.10. The number of fused-ring (bicyclic) bond motifs is 1. The van der Waals surface area contributed by atoms with E-state index in [0.717, 1.165) is 23.9 Å². The molecule has 2 heterocycles. The molecule has 0 amide bonds. The number of benzene rings is 1. The molecule has 0 radical (unpaired) electrons. The van der Waals surface area contributed by atoms with E-state index in [1.165, 1.54) is 0 Å². The lowest BCUT2D eigenvalue weighted by Gasteiger charge is -1.98. The van der Waals surface area contributed by atoms with Crippen LogP contribution in [0.2, 0.25) is 0 Å². The lowest BCUT2D eigenvalue weighted by atomic mass is 10.2. The molecule has 0 bridgehead atoms. The van der Waals surface area contributed by atoms with Crippen LogP contribution in [0.5, 0.6) is 0 Å². The van der Waals surface area contributed by atoms with Gasteiger partial charge in [0.1, 0.15) is 0 Å². The third kappa shape index (κ3) is 1.39. The molecule has 2 N–H and O–H groups in total. The normalized spacial score (nSPS) is 13.8. The lowest BCUT2D eigenvalue weighted by Crippen LogP contribution is -2.25. The van der Waals surface area contributed by atoms with E-state index in [0.29, 0.717) is 17.1 Å². The van der Waals surface area contributed by atoms with Crippen LogP contribution in [0.25, 0.3) is 17.5 Å². The summed E-state index contributed by atoms with van der Waals surface area (Å²) in [5.41, 5.74) is 8.80. The number of hydrogen-bond acceptors (Lipinski definition) is 4. The minimum absolute atomic E-state index is 0.546. The van der Waals surface area contributed by atoms with Gasteiger partial charge in [-0.15, -0.1) is 0 Å². The van der Waals surface area contributed by atoms with Gasteiger partial charge < -0.3 is 10.2 Å². The van der Waals surface area contributed by atoms with E-state index in [2.05, 4.69) is 9.98 Å². The summed E-state index contributed by atoms with van der Waals surface area (Å²) in [6.07, 6.45) is 2.92. The van der Waals surface area contributed by atoms with E-state index < -0.39 is 0 Å². The Morgan fingerprint density at radius 3 is 2.94 bits per heavy atom. The van der Waals surface area contributed by atoms with E-state index >= 15 is 0 Å². The average molecular weight is 213 g/mol. The van der Waals surface area contributed by atoms with Crippen molar-refractivity contribution in [1.29, 1.82) is 0 Å². The summed E-state index contributed by atoms with van der Waals surface area (Å²) in [7, 11) is 0. The Morgan fingerprint density at radius 1 is 1.25 bits per heavy atom. The second-order valence-corrected chi connectivity index (χ2v) is 3.67. The lowest BCUT2D eigenvalue weighted by molar-refractivity contribution is 0.535. The number of aromatic nitrogens is 1. The third-order valence-corrected chi connectivity index (χ3v) is 2.55. The number of anilines is 1. The van der Waals surface area contributed by atoms with Crippen molar-refractivity contribution in [3.63, 3.8) is 0 Å². The average Bonchev–Trinajstić information content (AvgIpc) is 2.73. The summed E-state index contributed by atoms with van der Waals surface area (Å²) in [5, 5.41) is 0. The van der Waals surface area contributed by atoms with Crippen molar-refractivity contribution >= 4 is 11.8 Å². The number of nitrogen functional groups attached to an aromatic ring is 1. The minimum Gasteiger partial charge on any atom is -0.435 e. The summed E-state index contributed by atoms with van der Waals surface area (Å²) >= 11 is 0. The number of para-hydroxylation sites is 1. The first-order valence-electron chi connectivity index (χ1n) is 5.21. The highest BCUT2D eigenvalue weighted by Gasteiger charge is 2.10. The standard InChI is InChI=1S/C12H11N3O/c13-9-5-2-1-4-8(9)12-15-11-10(16-12)6-3-7-14-11/h1-2,4-6H,3,7,13H2. The Morgan fingerprint density at radius 2 is 2.12 bits per heavy atom. The summed E-state index contributed by atoms with van der Waals surface area (Å²) in [4.78, 5) is 8.63. The second-order valence-electron chi connectivity index (χ2n) is 3.67. The van der Waals surface area contributed by atoms with Crippen molar-refractivity contribution in [2.45, 2.75) is 6.42 Å². The van der Waals surface area contributed by atoms with Crippen molar-refractivity contribution < 1.29 is 4.42 Å². The Bertz CT molecular complexity index is 609. The first-order chi connectivity index (χ1) is 7.84. The SMILES string of the molecule is Nc1ccccc1-c1nc2c(o1)=CCCN=2. The molecule has 0 spiro atoms. The summed E-state index contributed by atoms with van der Waals surface area (Å²) in [5.74, 6) is 0.546. The molecule has 1 aliphatic heterocycles. The summed E-state index contributed by atoms with van der Waals surface area (Å²) in [6.45, 7) is 0.781. The molecule has 0 unspecified atom stereocenters. The number of nitrogens with zero attached hydrogens (tertiary/aromatic N) is 2. The maximum Gasteiger partial charge on any atom is 0.230 e. The zero-order valence-corrected chi connectivity index (χ0v) is 8.68. The van der Waals surface area contributed by atoms with Crippen molar-refractivity contribution in [3.05, 3.63) is 35.2 Å². The van der Waals surface area contributed by atoms with Gasteiger partial charge in [0, 0.05) is 12.2 Å². The highest BCUT2D eigenvalue weighted by molar-refractivity contribution is 5.69. The molecule has 4 heteroatoms. The van der Waals surface area contributed by atoms with Crippen LogP contribution in [0.4, 0.5) is 5.69 Å².